The van der Waals surface area contributed by atoms with Gasteiger partial charge in [0.05, 0.1) is 0 Å². The Morgan fingerprint density at radius 2 is 1.17 bits per heavy atom. The zero-order valence-electron chi connectivity index (χ0n) is 26.0. The molecule has 0 N–H and O–H groups in total. The van der Waals surface area contributed by atoms with Crippen LogP contribution in [0.15, 0.2) is 9.85 Å². The summed E-state index contributed by atoms with van der Waals surface area (Å²) >= 11 is -2.66. The quantitative estimate of drug-likeness (QED) is 0.178. The fourth-order valence-corrected chi connectivity index (χ4v) is 22.7. The molecule has 0 radical (unpaired) electrons. The fourth-order valence-electron chi connectivity index (χ4n) is 4.47. The molecule has 0 aromatic rings. The summed E-state index contributed by atoms with van der Waals surface area (Å²) in [5.74, 6) is 0. The monoisotopic (exact) mass is 634 g/mol. The minimum atomic E-state index is -2.66. The maximum absolute atomic E-state index is 7.17. The second kappa shape index (κ2) is 13.7. The van der Waals surface area contributed by atoms with Crippen molar-refractivity contribution in [3.63, 3.8) is 0 Å². The van der Waals surface area contributed by atoms with Gasteiger partial charge in [0.2, 0.25) is 0 Å². The number of ether oxygens (including phenoxy) is 1. The summed E-state index contributed by atoms with van der Waals surface area (Å²) in [6.45, 7) is 31.2. The Kier molecular flexibility index (Phi) is 13.2. The predicted molar refractivity (Wildman–Crippen MR) is 163 cm³/mol. The SMILES string of the molecule is CCC[CH2][Sn]([CH2]CCC)([CH2]CCC)[C]1=C[C@H](O[Si](C)(C)C(C)(C)C)[C@H](O[Si](C)(C)C(C)(C)C)CO1. The van der Waals surface area contributed by atoms with Crippen LogP contribution in [-0.4, -0.2) is 53.8 Å². The molecule has 1 aliphatic heterocycles. The van der Waals surface area contributed by atoms with Gasteiger partial charge in [-0.2, -0.15) is 0 Å². The summed E-state index contributed by atoms with van der Waals surface area (Å²) in [7, 11) is -3.90. The van der Waals surface area contributed by atoms with E-state index < -0.39 is 35.0 Å². The molecule has 0 spiro atoms. The van der Waals surface area contributed by atoms with Crippen molar-refractivity contribution in [2.75, 3.05) is 6.61 Å². The van der Waals surface area contributed by atoms with Gasteiger partial charge in [-0.3, -0.25) is 0 Å². The van der Waals surface area contributed by atoms with Gasteiger partial charge in [0, 0.05) is 0 Å². The molecule has 0 aliphatic carbocycles. The molecule has 0 bridgehead atoms. The van der Waals surface area contributed by atoms with Crippen molar-refractivity contribution < 1.29 is 13.6 Å². The van der Waals surface area contributed by atoms with Gasteiger partial charge in [-0.1, -0.05) is 0 Å². The molecule has 0 saturated heterocycles. The van der Waals surface area contributed by atoms with Crippen molar-refractivity contribution in [2.45, 2.75) is 163 Å². The Morgan fingerprint density at radius 1 is 0.771 bits per heavy atom. The Hall–Kier alpha value is 0.692. The maximum atomic E-state index is 7.17. The molecule has 2 atom stereocenters. The van der Waals surface area contributed by atoms with E-state index in [4.69, 9.17) is 13.6 Å². The van der Waals surface area contributed by atoms with Gasteiger partial charge >= 0.3 is 228 Å². The van der Waals surface area contributed by atoms with Crippen LogP contribution in [0.25, 0.3) is 0 Å². The topological polar surface area (TPSA) is 27.7 Å². The van der Waals surface area contributed by atoms with Crippen LogP contribution in [0.1, 0.15) is 101 Å². The van der Waals surface area contributed by atoms with Gasteiger partial charge in [0.25, 0.3) is 0 Å². The molecule has 3 nitrogen and oxygen atoms in total. The average Bonchev–Trinajstić information content (AvgIpc) is 2.73. The Bertz CT molecular complexity index is 640. The summed E-state index contributed by atoms with van der Waals surface area (Å²) in [4.78, 5) is 0. The second-order valence-electron chi connectivity index (χ2n) is 14.2. The van der Waals surface area contributed by atoms with Crippen molar-refractivity contribution in [2.24, 2.45) is 0 Å². The first-order valence-corrected chi connectivity index (χ1v) is 28.0. The van der Waals surface area contributed by atoms with E-state index in [1.54, 1.807) is 0 Å². The Morgan fingerprint density at radius 3 is 1.54 bits per heavy atom. The molecule has 0 aromatic heterocycles. The first-order chi connectivity index (χ1) is 16.0. The number of rotatable bonds is 14. The minimum absolute atomic E-state index is 0.00119. The van der Waals surface area contributed by atoms with E-state index in [2.05, 4.69) is 94.6 Å². The van der Waals surface area contributed by atoms with Crippen molar-refractivity contribution in [3.8, 4) is 0 Å². The molecule has 0 aromatic carbocycles. The first-order valence-electron chi connectivity index (χ1n) is 14.7. The van der Waals surface area contributed by atoms with Gasteiger partial charge in [0.1, 0.15) is 0 Å². The summed E-state index contributed by atoms with van der Waals surface area (Å²) in [6.07, 6.45) is 10.4. The van der Waals surface area contributed by atoms with E-state index in [0.29, 0.717) is 6.61 Å². The summed E-state index contributed by atoms with van der Waals surface area (Å²) < 4.78 is 26.7. The van der Waals surface area contributed by atoms with Crippen LogP contribution in [-0.2, 0) is 13.6 Å². The molecule has 0 unspecified atom stereocenters. The van der Waals surface area contributed by atoms with Crippen LogP contribution in [0, 0.1) is 0 Å². The van der Waals surface area contributed by atoms with Gasteiger partial charge in [-0.05, 0) is 0 Å². The van der Waals surface area contributed by atoms with E-state index in [0.717, 1.165) is 0 Å². The van der Waals surface area contributed by atoms with Crippen LogP contribution in [0.4, 0.5) is 0 Å². The van der Waals surface area contributed by atoms with Crippen molar-refractivity contribution in [1.29, 1.82) is 0 Å². The van der Waals surface area contributed by atoms with Crippen molar-refractivity contribution >= 4 is 35.0 Å². The van der Waals surface area contributed by atoms with Crippen molar-refractivity contribution in [3.05, 3.63) is 9.85 Å². The van der Waals surface area contributed by atoms with Gasteiger partial charge in [-0.25, -0.2) is 0 Å². The molecule has 0 amide bonds. The molecule has 1 heterocycles. The van der Waals surface area contributed by atoms with E-state index in [1.807, 2.05) is 0 Å². The van der Waals surface area contributed by atoms with E-state index in [9.17, 15) is 0 Å². The molecular formula is C29H62O3Si2Sn. The average molecular weight is 634 g/mol. The van der Waals surface area contributed by atoms with Gasteiger partial charge in [-0.15, -0.1) is 0 Å². The van der Waals surface area contributed by atoms with Crippen molar-refractivity contribution in [1.82, 2.24) is 0 Å². The van der Waals surface area contributed by atoms with E-state index in [-0.39, 0.29) is 22.3 Å². The summed E-state index contributed by atoms with van der Waals surface area (Å²) in [5.41, 5.74) is 0. The molecule has 35 heavy (non-hydrogen) atoms. The molecule has 208 valence electrons. The molecule has 1 aliphatic rings. The zero-order valence-corrected chi connectivity index (χ0v) is 30.9. The van der Waals surface area contributed by atoms with Crippen LogP contribution in [0.5, 0.6) is 0 Å². The van der Waals surface area contributed by atoms with Crippen LogP contribution < -0.4 is 0 Å². The van der Waals surface area contributed by atoms with Gasteiger partial charge in [0.15, 0.2) is 0 Å². The number of hydrogen-bond acceptors (Lipinski definition) is 3. The van der Waals surface area contributed by atoms with E-state index in [1.165, 1.54) is 55.6 Å². The van der Waals surface area contributed by atoms with Gasteiger partial charge < -0.3 is 0 Å². The third-order valence-corrected chi connectivity index (χ3v) is 33.2. The summed E-state index contributed by atoms with van der Waals surface area (Å²) in [6, 6.07) is 0. The normalized spacial score (nSPS) is 20.5. The second-order valence-corrected chi connectivity index (χ2v) is 36.7. The molecule has 6 heteroatoms. The Labute approximate surface area is 226 Å². The van der Waals surface area contributed by atoms with Crippen LogP contribution >= 0.6 is 0 Å². The molecule has 0 fully saturated rings. The third kappa shape index (κ3) is 9.43. The number of unbranched alkanes of at least 4 members (excludes halogenated alkanes) is 3. The summed E-state index contributed by atoms with van der Waals surface area (Å²) in [5, 5.41) is 0.346. The van der Waals surface area contributed by atoms with Crippen LogP contribution in [0.3, 0.4) is 0 Å². The number of hydrogen-bond donors (Lipinski definition) is 0. The zero-order chi connectivity index (χ0) is 27.1. The predicted octanol–water partition coefficient (Wildman–Crippen LogP) is 10.1. The van der Waals surface area contributed by atoms with E-state index >= 15 is 0 Å². The first kappa shape index (κ1) is 33.7. The van der Waals surface area contributed by atoms with Crippen LogP contribution in [0.2, 0.25) is 49.6 Å². The Balaban J connectivity index is 3.51. The third-order valence-electron chi connectivity index (χ3n) is 9.12. The fraction of sp³-hybridized carbons (Fsp3) is 0.931. The molecular weight excluding hydrogens is 571 g/mol. The standard InChI is InChI=1S/C17H35O3Si2.3C4H9.Sn/c1-16(2,3)21(7,8)19-14-11-12-18-13-15(14)20-22(9,10)17(4,5)6;3*1-3-4-2;/h11,14-15H,13H2,1-10H3;3*1,3-4H2,2H3;/t14-,15+;;;;/m0..../s1. The molecule has 0 saturated carbocycles. The molecule has 1 rings (SSSR count).